The van der Waals surface area contributed by atoms with Crippen molar-refractivity contribution in [2.24, 2.45) is 16.6 Å². The zero-order valence-electron chi connectivity index (χ0n) is 50.5. The van der Waals surface area contributed by atoms with Gasteiger partial charge in [-0.05, 0) is 93.9 Å². The summed E-state index contributed by atoms with van der Waals surface area (Å²) in [6.45, 7) is 11.0. The number of rotatable bonds is 10. The van der Waals surface area contributed by atoms with Crippen LogP contribution in [0.4, 0.5) is 0 Å². The molecule has 5 heterocycles. The van der Waals surface area contributed by atoms with E-state index < -0.39 is 11.9 Å². The summed E-state index contributed by atoms with van der Waals surface area (Å²) >= 11 is 0. The van der Waals surface area contributed by atoms with E-state index in [1.54, 1.807) is 42.5 Å². The minimum atomic E-state index is -0.525. The molecule has 6 N–H and O–H groups in total. The van der Waals surface area contributed by atoms with E-state index in [0.717, 1.165) is 95.1 Å². The number of furan rings is 4. The number of aliphatic hydroxyl groups excluding tert-OH is 1. The van der Waals surface area contributed by atoms with Crippen molar-refractivity contribution in [3.05, 3.63) is 236 Å². The van der Waals surface area contributed by atoms with Crippen LogP contribution in [-0.2, 0) is 40.5 Å². The number of aryl methyl sites for hydroxylation is 4. The van der Waals surface area contributed by atoms with Crippen molar-refractivity contribution in [1.82, 2.24) is 0 Å². The average Bonchev–Trinajstić information content (AvgIpc) is 4.50. The fourth-order valence-electron chi connectivity index (χ4n) is 8.80. The highest BCUT2D eigenvalue weighted by Gasteiger charge is 2.22. The molecule has 0 amide bonds. The molecule has 460 valence electrons. The maximum Gasteiger partial charge on any atom is 0.341 e. The highest BCUT2D eigenvalue weighted by Crippen LogP contribution is 2.37. The molecule has 1 unspecified atom stereocenters. The normalized spacial score (nSPS) is 11.3. The molecular weight excluding hydrogens is 1140 g/mol. The van der Waals surface area contributed by atoms with E-state index in [1.165, 1.54) is 33.5 Å². The Labute approximate surface area is 513 Å². The van der Waals surface area contributed by atoms with Crippen LogP contribution in [0.1, 0.15) is 83.3 Å². The molecule has 11 aromatic rings. The molecule has 1 aliphatic rings. The molecule has 20 heteroatoms. The number of aliphatic hydroxyl groups is 1. The zero-order valence-corrected chi connectivity index (χ0v) is 50.5. The third-order valence-electron chi connectivity index (χ3n) is 12.8. The smallest absolute Gasteiger partial charge is 0.341 e. The maximum absolute atomic E-state index is 11.4. The molecule has 12 rings (SSSR count). The molecule has 0 saturated carbocycles. The average molecular weight is 1210 g/mol. The third-order valence-corrected chi connectivity index (χ3v) is 12.8. The van der Waals surface area contributed by atoms with Gasteiger partial charge in [0.2, 0.25) is 6.29 Å². The Morgan fingerprint density at radius 3 is 1.52 bits per heavy atom. The Balaban J connectivity index is 0.000000166. The van der Waals surface area contributed by atoms with Gasteiger partial charge in [0.15, 0.2) is 11.5 Å². The molecule has 0 bridgehead atoms. The van der Waals surface area contributed by atoms with Gasteiger partial charge in [-0.2, -0.15) is 0 Å². The topological polar surface area (TPSA) is 300 Å². The fraction of sp³-hybridized carbons (Fsp3) is 0.203. The minimum absolute atomic E-state index is 0.0320. The largest absolute Gasteiger partial charge is 0.507 e. The van der Waals surface area contributed by atoms with Crippen LogP contribution in [0.15, 0.2) is 187 Å². The van der Waals surface area contributed by atoms with Crippen LogP contribution in [0.25, 0.3) is 54.3 Å². The van der Waals surface area contributed by atoms with Gasteiger partial charge in [-0.25, -0.2) is 14.4 Å². The summed E-state index contributed by atoms with van der Waals surface area (Å²) in [5.41, 5.74) is 27.4. The van der Waals surface area contributed by atoms with E-state index in [9.17, 15) is 14.4 Å². The number of fused-ring (bicyclic) bond motifs is 5. The van der Waals surface area contributed by atoms with Crippen LogP contribution in [0.3, 0.4) is 0 Å². The van der Waals surface area contributed by atoms with Crippen LogP contribution < -0.4 is 25.7 Å². The number of methoxy groups -OCH3 is 3. The van der Waals surface area contributed by atoms with Crippen LogP contribution in [-0.4, -0.2) is 62.3 Å². The van der Waals surface area contributed by atoms with E-state index in [-0.39, 0.29) is 36.8 Å². The van der Waals surface area contributed by atoms with Crippen LogP contribution in [0.2, 0.25) is 0 Å². The number of aromatic hydroxyl groups is 1. The number of hydrogen-bond donors (Lipinski definition) is 4. The van der Waals surface area contributed by atoms with Crippen molar-refractivity contribution < 1.29 is 70.7 Å². The number of phenolic OH excluding ortho intramolecular Hbond substituents is 1. The molecule has 1 atom stereocenters. The zero-order chi connectivity index (χ0) is 64.4. The van der Waals surface area contributed by atoms with Crippen LogP contribution in [0.5, 0.6) is 23.0 Å². The van der Waals surface area contributed by atoms with Crippen molar-refractivity contribution >= 4 is 61.8 Å². The second-order valence-electron chi connectivity index (χ2n) is 19.1. The number of ether oxygens (including phenoxy) is 6. The molecule has 0 fully saturated rings. The molecular formula is C69H69N5O15. The number of carbonyl (C=O) groups is 3. The molecule has 0 saturated heterocycles. The predicted octanol–water partition coefficient (Wildman–Crippen LogP) is 14.4. The van der Waals surface area contributed by atoms with Gasteiger partial charge in [-0.15, -0.1) is 6.42 Å². The van der Waals surface area contributed by atoms with Gasteiger partial charge >= 0.3 is 17.9 Å². The quantitative estimate of drug-likeness (QED) is 0.0247. The van der Waals surface area contributed by atoms with E-state index in [0.29, 0.717) is 42.1 Å². The number of benzene rings is 7. The number of esters is 3. The van der Waals surface area contributed by atoms with Gasteiger partial charge in [-0.1, -0.05) is 114 Å². The number of terminal acetylenes is 1. The Morgan fingerprint density at radius 1 is 0.562 bits per heavy atom. The summed E-state index contributed by atoms with van der Waals surface area (Å²) in [5, 5.41) is 25.8. The lowest BCUT2D eigenvalue weighted by molar-refractivity contribution is 0.0587. The summed E-state index contributed by atoms with van der Waals surface area (Å²) in [4.78, 5) is 36.2. The molecule has 89 heavy (non-hydrogen) atoms. The summed E-state index contributed by atoms with van der Waals surface area (Å²) < 4.78 is 51.5. The standard InChI is InChI=1S/2C11H10O3.C10H9N3O.C10H11NO.C10H10O2.C9H11NO2.C8H8O3/c1-7-6-8-4-3-5-9(10(8)14-7)11(12)13-2;1-3-8-14-10-7-5-4-6-9(10)11(12)13-2;1-7-5-8-3-2-4-9(6-12-13-11)10(8)14-7;2*1-7-5-8-3-2-4-9(6-11)10(8)12-7;1-6-11-8-4-2-3-7(5-10)9(8)12-6;1-11-8(10)6-4-2-3-5-7(6)9/h3-6H,1-2H3;1,4-7H,8H2,2H3;2-5H,6H2,1H3;2-5H,6,11H2,1H3;2-5,11H,6H2,1H3;2-4,6H,5,10H2,1H3;2-5,9H,1H3. The molecule has 4 aromatic heterocycles. The lowest BCUT2D eigenvalue weighted by atomic mass is 10.1. The van der Waals surface area contributed by atoms with Gasteiger partial charge in [0, 0.05) is 68.7 Å². The van der Waals surface area contributed by atoms with Crippen molar-refractivity contribution in [1.29, 1.82) is 0 Å². The van der Waals surface area contributed by atoms with E-state index in [2.05, 4.69) is 30.2 Å². The molecule has 0 spiro atoms. The van der Waals surface area contributed by atoms with Gasteiger partial charge in [-0.3, -0.25) is 0 Å². The van der Waals surface area contributed by atoms with Crippen molar-refractivity contribution in [3.63, 3.8) is 0 Å². The van der Waals surface area contributed by atoms with Crippen LogP contribution >= 0.6 is 0 Å². The lowest BCUT2D eigenvalue weighted by Crippen LogP contribution is -2.11. The first-order valence-corrected chi connectivity index (χ1v) is 27.6. The summed E-state index contributed by atoms with van der Waals surface area (Å²) in [6, 6.07) is 49.6. The Hall–Kier alpha value is -10.9. The Morgan fingerprint density at radius 2 is 0.989 bits per heavy atom. The predicted molar refractivity (Wildman–Crippen MR) is 338 cm³/mol. The highest BCUT2D eigenvalue weighted by atomic mass is 16.7. The van der Waals surface area contributed by atoms with Gasteiger partial charge in [0.25, 0.3) is 0 Å². The fourth-order valence-corrected chi connectivity index (χ4v) is 8.80. The highest BCUT2D eigenvalue weighted by molar-refractivity contribution is 6.02. The molecule has 0 radical (unpaired) electrons. The van der Waals surface area contributed by atoms with Crippen LogP contribution in [0, 0.1) is 40.0 Å². The Bertz CT molecular complexity index is 4160. The van der Waals surface area contributed by atoms with E-state index >= 15 is 0 Å². The number of nitrogens with two attached hydrogens (primary N) is 2. The first-order valence-electron chi connectivity index (χ1n) is 27.6. The first kappa shape index (κ1) is 67.2. The van der Waals surface area contributed by atoms with Crippen molar-refractivity contribution in [2.75, 3.05) is 27.9 Å². The Kier molecular flexibility index (Phi) is 25.4. The number of nitrogens with zero attached hydrogens (tertiary/aromatic N) is 3. The van der Waals surface area contributed by atoms with E-state index in [1.807, 2.05) is 144 Å². The molecule has 0 aliphatic carbocycles. The SMILES string of the molecule is C#CCOc1ccccc1C(=O)OC.CC1Oc2cccc(CN)c2O1.COC(=O)c1cccc2cc(C)oc12.COC(=O)c1ccccc1O.Cc1cc2cccc(CN)c2o1.Cc1cc2cccc(CN=[N+]=[N-])c2o1.Cc1cc2cccc(CO)c2o1. The second-order valence-corrected chi connectivity index (χ2v) is 19.1. The van der Waals surface area contributed by atoms with Gasteiger partial charge in [0.1, 0.15) is 80.2 Å². The molecule has 7 aromatic carbocycles. The number of phenols is 1. The van der Waals surface area contributed by atoms with E-state index in [4.69, 9.17) is 65.5 Å². The van der Waals surface area contributed by atoms with Gasteiger partial charge in [0.05, 0.1) is 34.5 Å². The third kappa shape index (κ3) is 18.5. The summed E-state index contributed by atoms with van der Waals surface area (Å²) in [6.07, 6.45) is 4.86. The minimum Gasteiger partial charge on any atom is -0.507 e. The first-order chi connectivity index (χ1) is 43.0. The number of para-hydroxylation sites is 7. The maximum atomic E-state index is 11.4. The second kappa shape index (κ2) is 33.7. The molecule has 20 nitrogen and oxygen atoms in total. The lowest BCUT2D eigenvalue weighted by Gasteiger charge is -2.06. The molecule has 1 aliphatic heterocycles. The number of azide groups is 1. The summed E-state index contributed by atoms with van der Waals surface area (Å²) in [7, 11) is 3.95. The monoisotopic (exact) mass is 1210 g/mol. The number of carbonyl (C=O) groups excluding carboxylic acids is 3. The van der Waals surface area contributed by atoms with Crippen molar-refractivity contribution in [2.45, 2.75) is 67.1 Å². The summed E-state index contributed by atoms with van der Waals surface area (Å²) in [5.74, 6) is 6.45. The van der Waals surface area contributed by atoms with Crippen molar-refractivity contribution in [3.8, 4) is 35.3 Å². The number of hydrogen-bond acceptors (Lipinski definition) is 18. The van der Waals surface area contributed by atoms with Gasteiger partial charge < -0.3 is 67.8 Å².